The summed E-state index contributed by atoms with van der Waals surface area (Å²) >= 11 is 0. The Bertz CT molecular complexity index is 591. The largest absolute Gasteiger partial charge is 0.493 e. The van der Waals surface area contributed by atoms with E-state index in [1.54, 1.807) is 18.3 Å². The van der Waals surface area contributed by atoms with Crippen LogP contribution in [0.4, 0.5) is 0 Å². The molecule has 1 heterocycles. The molecule has 0 fully saturated rings. The van der Waals surface area contributed by atoms with E-state index in [4.69, 9.17) is 4.74 Å². The monoisotopic (exact) mass is 287 g/mol. The van der Waals surface area contributed by atoms with Crippen LogP contribution in [0.25, 0.3) is 0 Å². The lowest BCUT2D eigenvalue weighted by Crippen LogP contribution is -2.42. The van der Waals surface area contributed by atoms with E-state index >= 15 is 0 Å². The summed E-state index contributed by atoms with van der Waals surface area (Å²) in [5.74, 6) is -0.00126. The molecule has 110 valence electrons. The Labute approximate surface area is 122 Å². The van der Waals surface area contributed by atoms with Crippen molar-refractivity contribution in [3.8, 4) is 5.75 Å². The summed E-state index contributed by atoms with van der Waals surface area (Å²) in [6, 6.07) is 10.9. The third-order valence-electron chi connectivity index (χ3n) is 2.78. The molecule has 0 saturated heterocycles. The lowest BCUT2D eigenvalue weighted by Gasteiger charge is -2.08. The van der Waals surface area contributed by atoms with Gasteiger partial charge >= 0.3 is 0 Å². The van der Waals surface area contributed by atoms with Crippen LogP contribution in [0.5, 0.6) is 5.75 Å². The molecular weight excluding hydrogens is 270 g/mol. The minimum absolute atomic E-state index is 0.152. The lowest BCUT2D eigenvalue weighted by atomic mass is 10.2. The number of hydrogen-bond acceptors (Lipinski definition) is 3. The summed E-state index contributed by atoms with van der Waals surface area (Å²) in [6.07, 6.45) is 1.78. The SMILES string of the molecule is Cc1ccc(OCCC(=O)NNC(=O)c2ccc[nH]2)cc1. The van der Waals surface area contributed by atoms with Gasteiger partial charge in [0.15, 0.2) is 0 Å². The van der Waals surface area contributed by atoms with Crippen LogP contribution in [-0.2, 0) is 4.79 Å². The standard InChI is InChI=1S/C15H17N3O3/c1-11-4-6-12(7-5-11)21-10-8-14(19)17-18-15(20)13-3-2-9-16-13/h2-7,9,16H,8,10H2,1H3,(H,17,19)(H,18,20). The van der Waals surface area contributed by atoms with Crippen LogP contribution in [0.15, 0.2) is 42.6 Å². The third kappa shape index (κ3) is 4.68. The maximum Gasteiger partial charge on any atom is 0.286 e. The highest BCUT2D eigenvalue weighted by Crippen LogP contribution is 2.11. The van der Waals surface area contributed by atoms with Crippen LogP contribution in [0.1, 0.15) is 22.5 Å². The van der Waals surface area contributed by atoms with Gasteiger partial charge in [-0.3, -0.25) is 20.4 Å². The molecular formula is C15H17N3O3. The number of nitrogens with one attached hydrogen (secondary N) is 3. The van der Waals surface area contributed by atoms with Gasteiger partial charge in [0, 0.05) is 6.20 Å². The van der Waals surface area contributed by atoms with Gasteiger partial charge in [-0.2, -0.15) is 0 Å². The molecule has 21 heavy (non-hydrogen) atoms. The van der Waals surface area contributed by atoms with E-state index in [1.807, 2.05) is 31.2 Å². The van der Waals surface area contributed by atoms with E-state index < -0.39 is 5.91 Å². The van der Waals surface area contributed by atoms with E-state index in [-0.39, 0.29) is 18.9 Å². The van der Waals surface area contributed by atoms with E-state index in [0.29, 0.717) is 11.4 Å². The highest BCUT2D eigenvalue weighted by molar-refractivity contribution is 5.93. The number of ether oxygens (including phenoxy) is 1. The summed E-state index contributed by atoms with van der Waals surface area (Å²) in [4.78, 5) is 25.8. The summed E-state index contributed by atoms with van der Waals surface area (Å²) < 4.78 is 5.43. The highest BCUT2D eigenvalue weighted by Gasteiger charge is 2.07. The van der Waals surface area contributed by atoms with Crippen molar-refractivity contribution in [2.45, 2.75) is 13.3 Å². The molecule has 0 unspecified atom stereocenters. The number of aromatic amines is 1. The van der Waals surface area contributed by atoms with Crippen molar-refractivity contribution in [2.75, 3.05) is 6.61 Å². The van der Waals surface area contributed by atoms with Crippen molar-refractivity contribution >= 4 is 11.8 Å². The molecule has 6 heteroatoms. The minimum atomic E-state index is -0.396. The van der Waals surface area contributed by atoms with Crippen LogP contribution in [0.3, 0.4) is 0 Å². The second kappa shape index (κ2) is 7.14. The molecule has 1 aromatic carbocycles. The minimum Gasteiger partial charge on any atom is -0.493 e. The molecule has 2 amide bonds. The van der Waals surface area contributed by atoms with Crippen molar-refractivity contribution in [2.24, 2.45) is 0 Å². The molecule has 0 aliphatic rings. The molecule has 0 saturated carbocycles. The molecule has 1 aromatic heterocycles. The van der Waals surface area contributed by atoms with Crippen molar-refractivity contribution < 1.29 is 14.3 Å². The highest BCUT2D eigenvalue weighted by atomic mass is 16.5. The molecule has 0 aliphatic heterocycles. The van der Waals surface area contributed by atoms with E-state index in [9.17, 15) is 9.59 Å². The van der Waals surface area contributed by atoms with Gasteiger partial charge in [-0.15, -0.1) is 0 Å². The van der Waals surface area contributed by atoms with Gasteiger partial charge in [0.1, 0.15) is 11.4 Å². The molecule has 3 N–H and O–H groups in total. The molecule has 6 nitrogen and oxygen atoms in total. The second-order valence-corrected chi connectivity index (χ2v) is 4.50. The van der Waals surface area contributed by atoms with Gasteiger partial charge in [-0.1, -0.05) is 17.7 Å². The number of carbonyl (C=O) groups excluding carboxylic acids is 2. The van der Waals surface area contributed by atoms with Gasteiger partial charge in [0.2, 0.25) is 5.91 Å². The van der Waals surface area contributed by atoms with Crippen LogP contribution >= 0.6 is 0 Å². The molecule has 0 spiro atoms. The number of aromatic nitrogens is 1. The molecule has 0 radical (unpaired) electrons. The molecule has 0 aliphatic carbocycles. The quantitative estimate of drug-likeness (QED) is 0.730. The van der Waals surface area contributed by atoms with Gasteiger partial charge in [0.05, 0.1) is 13.0 Å². The molecule has 0 atom stereocenters. The van der Waals surface area contributed by atoms with Crippen LogP contribution in [0, 0.1) is 6.92 Å². The van der Waals surface area contributed by atoms with Crippen molar-refractivity contribution in [1.82, 2.24) is 15.8 Å². The smallest absolute Gasteiger partial charge is 0.286 e. The first kappa shape index (κ1) is 14.6. The lowest BCUT2D eigenvalue weighted by molar-refractivity contribution is -0.122. The number of carbonyl (C=O) groups is 2. The summed E-state index contributed by atoms with van der Waals surface area (Å²) in [7, 11) is 0. The predicted molar refractivity (Wildman–Crippen MR) is 77.7 cm³/mol. The Morgan fingerprint density at radius 3 is 2.57 bits per heavy atom. The van der Waals surface area contributed by atoms with Crippen molar-refractivity contribution in [3.63, 3.8) is 0 Å². The number of rotatable bonds is 5. The van der Waals surface area contributed by atoms with Crippen LogP contribution in [0.2, 0.25) is 0 Å². The number of hydrogen-bond donors (Lipinski definition) is 3. The van der Waals surface area contributed by atoms with Crippen LogP contribution in [-0.4, -0.2) is 23.4 Å². The fourth-order valence-electron chi connectivity index (χ4n) is 1.62. The Hall–Kier alpha value is -2.76. The van der Waals surface area contributed by atoms with Gasteiger partial charge in [0.25, 0.3) is 5.91 Å². The summed E-state index contributed by atoms with van der Waals surface area (Å²) in [6.45, 7) is 2.23. The second-order valence-electron chi connectivity index (χ2n) is 4.50. The maximum absolute atomic E-state index is 11.5. The zero-order valence-electron chi connectivity index (χ0n) is 11.7. The first-order valence-electron chi connectivity index (χ1n) is 6.57. The van der Waals surface area contributed by atoms with Gasteiger partial charge in [-0.25, -0.2) is 0 Å². The van der Waals surface area contributed by atoms with E-state index in [2.05, 4.69) is 15.8 Å². The van der Waals surface area contributed by atoms with Crippen molar-refractivity contribution in [3.05, 3.63) is 53.9 Å². The average molecular weight is 287 g/mol. The van der Waals surface area contributed by atoms with Gasteiger partial charge in [-0.05, 0) is 31.2 Å². The maximum atomic E-state index is 11.5. The molecule has 0 bridgehead atoms. The zero-order valence-corrected chi connectivity index (χ0v) is 11.7. The Morgan fingerprint density at radius 2 is 1.90 bits per heavy atom. The molecule has 2 aromatic rings. The number of benzene rings is 1. The molecule has 2 rings (SSSR count). The Balaban J connectivity index is 1.66. The first-order valence-corrected chi connectivity index (χ1v) is 6.57. The summed E-state index contributed by atoms with van der Waals surface area (Å²) in [5.41, 5.74) is 6.17. The van der Waals surface area contributed by atoms with E-state index in [1.165, 1.54) is 0 Å². The Morgan fingerprint density at radius 1 is 1.14 bits per heavy atom. The fourth-order valence-corrected chi connectivity index (χ4v) is 1.62. The topological polar surface area (TPSA) is 83.2 Å². The normalized spacial score (nSPS) is 9.95. The number of aryl methyl sites for hydroxylation is 1. The third-order valence-corrected chi connectivity index (χ3v) is 2.78. The van der Waals surface area contributed by atoms with Crippen molar-refractivity contribution in [1.29, 1.82) is 0 Å². The van der Waals surface area contributed by atoms with Gasteiger partial charge < -0.3 is 9.72 Å². The zero-order chi connectivity index (χ0) is 15.1. The fraction of sp³-hybridized carbons (Fsp3) is 0.200. The van der Waals surface area contributed by atoms with E-state index in [0.717, 1.165) is 5.56 Å². The Kier molecular flexibility index (Phi) is 4.98. The summed E-state index contributed by atoms with van der Waals surface area (Å²) in [5, 5.41) is 0. The number of amides is 2. The first-order chi connectivity index (χ1) is 10.1. The number of H-pyrrole nitrogens is 1. The predicted octanol–water partition coefficient (Wildman–Crippen LogP) is 1.55. The number of hydrazine groups is 1. The van der Waals surface area contributed by atoms with Crippen LogP contribution < -0.4 is 15.6 Å². The average Bonchev–Trinajstić information content (AvgIpc) is 3.01.